The third-order valence-corrected chi connectivity index (χ3v) is 2.21. The highest BCUT2D eigenvalue weighted by molar-refractivity contribution is 6.34. The molecule has 0 atom stereocenters. The Balaban J connectivity index is 2.64. The van der Waals surface area contributed by atoms with E-state index in [0.717, 1.165) is 11.1 Å². The molecule has 0 aliphatic heterocycles. The van der Waals surface area contributed by atoms with E-state index in [0.29, 0.717) is 6.54 Å². The molecule has 1 aromatic rings. The molecule has 0 radical (unpaired) electrons. The van der Waals surface area contributed by atoms with E-state index >= 15 is 0 Å². The van der Waals surface area contributed by atoms with Gasteiger partial charge < -0.3 is 4.90 Å². The zero-order valence-electron chi connectivity index (χ0n) is 9.36. The molecule has 3 N–H and O–H groups in total. The molecule has 0 saturated heterocycles. The average Bonchev–Trinajstić information content (AvgIpc) is 2.30. The van der Waals surface area contributed by atoms with Crippen LogP contribution in [-0.2, 0) is 16.1 Å². The van der Waals surface area contributed by atoms with Crippen LogP contribution in [0.15, 0.2) is 24.3 Å². The molecule has 5 nitrogen and oxygen atoms in total. The minimum atomic E-state index is -0.811. The summed E-state index contributed by atoms with van der Waals surface area (Å²) in [6, 6.07) is 7.74. The van der Waals surface area contributed by atoms with Crippen LogP contribution in [0.25, 0.3) is 0 Å². The van der Waals surface area contributed by atoms with Crippen LogP contribution in [0.4, 0.5) is 0 Å². The van der Waals surface area contributed by atoms with Gasteiger partial charge in [0, 0.05) is 13.6 Å². The molecule has 0 fully saturated rings. The summed E-state index contributed by atoms with van der Waals surface area (Å²) in [6.45, 7) is 2.37. The second kappa shape index (κ2) is 5.27. The van der Waals surface area contributed by atoms with Gasteiger partial charge in [0.05, 0.1) is 0 Å². The summed E-state index contributed by atoms with van der Waals surface area (Å²) in [5.74, 6) is 3.42. The minimum absolute atomic E-state index is 0.381. The number of nitrogens with two attached hydrogens (primary N) is 1. The Morgan fingerprint density at radius 1 is 1.31 bits per heavy atom. The summed E-state index contributed by atoms with van der Waals surface area (Å²) in [4.78, 5) is 23.7. The number of likely N-dealkylation sites (N-methyl/N-ethyl adjacent to an activating group) is 1. The van der Waals surface area contributed by atoms with Crippen LogP contribution in [0.1, 0.15) is 11.1 Å². The van der Waals surface area contributed by atoms with Crippen molar-refractivity contribution in [1.82, 2.24) is 10.3 Å². The Morgan fingerprint density at radius 3 is 2.38 bits per heavy atom. The summed E-state index contributed by atoms with van der Waals surface area (Å²) < 4.78 is 0. The first kappa shape index (κ1) is 12.2. The standard InChI is InChI=1S/C11H15N3O2/c1-8-3-5-9(6-4-8)7-14(2)11(16)10(15)13-12/h3-6H,7,12H2,1-2H3,(H,13,15). The van der Waals surface area contributed by atoms with E-state index in [1.807, 2.05) is 36.6 Å². The lowest BCUT2D eigenvalue weighted by molar-refractivity contribution is -0.145. The molecule has 86 valence electrons. The maximum absolute atomic E-state index is 11.4. The summed E-state index contributed by atoms with van der Waals surface area (Å²) in [6.07, 6.45) is 0. The van der Waals surface area contributed by atoms with E-state index in [4.69, 9.17) is 5.84 Å². The molecular weight excluding hydrogens is 206 g/mol. The van der Waals surface area contributed by atoms with Crippen molar-refractivity contribution in [3.8, 4) is 0 Å². The molecule has 0 aliphatic carbocycles. The fraction of sp³-hybridized carbons (Fsp3) is 0.273. The highest BCUT2D eigenvalue weighted by Crippen LogP contribution is 2.05. The molecule has 2 amide bonds. The Hall–Kier alpha value is -1.88. The normalized spacial score (nSPS) is 9.69. The van der Waals surface area contributed by atoms with E-state index in [1.165, 1.54) is 4.90 Å². The van der Waals surface area contributed by atoms with Crippen LogP contribution in [0.3, 0.4) is 0 Å². The first-order valence-electron chi connectivity index (χ1n) is 4.86. The smallest absolute Gasteiger partial charge is 0.323 e. The van der Waals surface area contributed by atoms with Crippen molar-refractivity contribution in [2.45, 2.75) is 13.5 Å². The molecule has 0 bridgehead atoms. The van der Waals surface area contributed by atoms with Crippen molar-refractivity contribution in [3.05, 3.63) is 35.4 Å². The zero-order chi connectivity index (χ0) is 12.1. The molecule has 5 heteroatoms. The molecule has 1 aromatic carbocycles. The maximum atomic E-state index is 11.4. The highest BCUT2D eigenvalue weighted by atomic mass is 16.2. The molecule has 16 heavy (non-hydrogen) atoms. The van der Waals surface area contributed by atoms with Crippen LogP contribution >= 0.6 is 0 Å². The summed E-state index contributed by atoms with van der Waals surface area (Å²) in [5, 5.41) is 0. The number of nitrogens with zero attached hydrogens (tertiary/aromatic N) is 1. The van der Waals surface area contributed by atoms with Crippen molar-refractivity contribution in [1.29, 1.82) is 0 Å². The number of hydrogen-bond donors (Lipinski definition) is 2. The van der Waals surface area contributed by atoms with Gasteiger partial charge in [-0.25, -0.2) is 5.84 Å². The third kappa shape index (κ3) is 3.06. The van der Waals surface area contributed by atoms with Gasteiger partial charge in [0.1, 0.15) is 0 Å². The van der Waals surface area contributed by atoms with Gasteiger partial charge in [0.15, 0.2) is 0 Å². The number of carbonyl (C=O) groups excluding carboxylic acids is 2. The highest BCUT2D eigenvalue weighted by Gasteiger charge is 2.17. The third-order valence-electron chi connectivity index (χ3n) is 2.21. The van der Waals surface area contributed by atoms with Gasteiger partial charge in [-0.1, -0.05) is 29.8 Å². The predicted octanol–water partition coefficient (Wildman–Crippen LogP) is -0.0567. The molecule has 0 unspecified atom stereocenters. The lowest BCUT2D eigenvalue weighted by Gasteiger charge is -2.15. The SMILES string of the molecule is Cc1ccc(CN(C)C(=O)C(=O)NN)cc1. The van der Waals surface area contributed by atoms with Crippen LogP contribution in [0.5, 0.6) is 0 Å². The predicted molar refractivity (Wildman–Crippen MR) is 60.0 cm³/mol. The number of hydrazine groups is 1. The Bertz CT molecular complexity index is 387. The van der Waals surface area contributed by atoms with Crippen molar-refractivity contribution in [2.24, 2.45) is 5.84 Å². The number of benzene rings is 1. The second-order valence-electron chi connectivity index (χ2n) is 3.62. The monoisotopic (exact) mass is 221 g/mol. The summed E-state index contributed by atoms with van der Waals surface area (Å²) in [7, 11) is 1.55. The van der Waals surface area contributed by atoms with E-state index in [9.17, 15) is 9.59 Å². The molecule has 0 saturated carbocycles. The van der Waals surface area contributed by atoms with Crippen molar-refractivity contribution >= 4 is 11.8 Å². The molecular formula is C11H15N3O2. The number of hydrogen-bond acceptors (Lipinski definition) is 3. The zero-order valence-corrected chi connectivity index (χ0v) is 9.36. The van der Waals surface area contributed by atoms with Gasteiger partial charge in [-0.2, -0.15) is 0 Å². The lowest BCUT2D eigenvalue weighted by atomic mass is 10.1. The molecule has 0 spiro atoms. The number of aryl methyl sites for hydroxylation is 1. The van der Waals surface area contributed by atoms with Gasteiger partial charge in [-0.05, 0) is 12.5 Å². The second-order valence-corrected chi connectivity index (χ2v) is 3.62. The van der Waals surface area contributed by atoms with Crippen molar-refractivity contribution < 1.29 is 9.59 Å². The molecule has 0 aliphatic rings. The first-order chi connectivity index (χ1) is 7.54. The van der Waals surface area contributed by atoms with Gasteiger partial charge in [-0.15, -0.1) is 0 Å². The number of carbonyl (C=O) groups is 2. The van der Waals surface area contributed by atoms with Gasteiger partial charge in [0.25, 0.3) is 0 Å². The van der Waals surface area contributed by atoms with Crippen molar-refractivity contribution in [2.75, 3.05) is 7.05 Å². The van der Waals surface area contributed by atoms with E-state index in [2.05, 4.69) is 0 Å². The van der Waals surface area contributed by atoms with Crippen LogP contribution in [0.2, 0.25) is 0 Å². The quantitative estimate of drug-likeness (QED) is 0.318. The van der Waals surface area contributed by atoms with E-state index in [-0.39, 0.29) is 0 Å². The van der Waals surface area contributed by atoms with Gasteiger partial charge in [0.2, 0.25) is 0 Å². The Morgan fingerprint density at radius 2 is 1.88 bits per heavy atom. The van der Waals surface area contributed by atoms with E-state index in [1.54, 1.807) is 7.05 Å². The largest absolute Gasteiger partial charge is 0.333 e. The van der Waals surface area contributed by atoms with Crippen molar-refractivity contribution in [3.63, 3.8) is 0 Å². The Labute approximate surface area is 94.2 Å². The average molecular weight is 221 g/mol. The fourth-order valence-corrected chi connectivity index (χ4v) is 1.27. The lowest BCUT2D eigenvalue weighted by Crippen LogP contribution is -2.43. The van der Waals surface area contributed by atoms with Crippen LogP contribution in [0, 0.1) is 6.92 Å². The fourth-order valence-electron chi connectivity index (χ4n) is 1.27. The minimum Gasteiger partial charge on any atom is -0.333 e. The number of rotatable bonds is 2. The topological polar surface area (TPSA) is 75.4 Å². The number of nitrogens with one attached hydrogen (secondary N) is 1. The molecule has 0 heterocycles. The van der Waals surface area contributed by atoms with Crippen LogP contribution in [-0.4, -0.2) is 23.8 Å². The number of amides is 2. The Kier molecular flexibility index (Phi) is 4.02. The van der Waals surface area contributed by atoms with E-state index < -0.39 is 11.8 Å². The van der Waals surface area contributed by atoms with Gasteiger partial charge >= 0.3 is 11.8 Å². The summed E-state index contributed by atoms with van der Waals surface area (Å²) in [5.41, 5.74) is 3.92. The molecule has 1 rings (SSSR count). The van der Waals surface area contributed by atoms with Gasteiger partial charge in [-0.3, -0.25) is 15.0 Å². The summed E-state index contributed by atoms with van der Waals surface area (Å²) >= 11 is 0. The van der Waals surface area contributed by atoms with Crippen LogP contribution < -0.4 is 11.3 Å². The molecule has 0 aromatic heterocycles. The first-order valence-corrected chi connectivity index (χ1v) is 4.86. The maximum Gasteiger partial charge on any atom is 0.323 e.